The third-order valence-corrected chi connectivity index (χ3v) is 5.62. The van der Waals surface area contributed by atoms with Crippen molar-refractivity contribution >= 4 is 27.7 Å². The minimum atomic E-state index is 0.0415. The van der Waals surface area contributed by atoms with Gasteiger partial charge in [-0.2, -0.15) is 0 Å². The summed E-state index contributed by atoms with van der Waals surface area (Å²) < 4.78 is 3.11. The number of halogens is 1. The average Bonchev–Trinajstić information content (AvgIpc) is 2.95. The molecule has 5 nitrogen and oxygen atoms in total. The molecule has 1 aromatic heterocycles. The molecule has 3 rings (SSSR count). The molecule has 1 aromatic carbocycles. The Balaban J connectivity index is 1.83. The van der Waals surface area contributed by atoms with Gasteiger partial charge < -0.3 is 14.8 Å². The van der Waals surface area contributed by atoms with E-state index in [1.807, 2.05) is 56.0 Å². The Bertz CT molecular complexity index is 859. The fourth-order valence-corrected chi connectivity index (χ4v) is 4.16. The Morgan fingerprint density at radius 1 is 1.26 bits per heavy atom. The van der Waals surface area contributed by atoms with E-state index in [0.29, 0.717) is 13.0 Å². The molecule has 0 aliphatic carbocycles. The van der Waals surface area contributed by atoms with Gasteiger partial charge in [0.25, 0.3) is 5.91 Å². The number of aryl methyl sites for hydroxylation is 1. The molecule has 1 unspecified atom stereocenters. The third-order valence-electron chi connectivity index (χ3n) is 5.12. The highest BCUT2D eigenvalue weighted by Crippen LogP contribution is 2.25. The molecule has 0 radical (unpaired) electrons. The van der Waals surface area contributed by atoms with E-state index in [4.69, 9.17) is 0 Å². The highest BCUT2D eigenvalue weighted by atomic mass is 79.9. The molecule has 1 fully saturated rings. The van der Waals surface area contributed by atoms with Crippen LogP contribution in [0.4, 0.5) is 0 Å². The van der Waals surface area contributed by atoms with Crippen LogP contribution in [0.15, 0.2) is 34.8 Å². The predicted molar refractivity (Wildman–Crippen MR) is 110 cm³/mol. The van der Waals surface area contributed by atoms with E-state index >= 15 is 0 Å². The van der Waals surface area contributed by atoms with Gasteiger partial charge in [-0.05, 0) is 51.0 Å². The molecule has 1 N–H and O–H groups in total. The summed E-state index contributed by atoms with van der Waals surface area (Å²) in [7, 11) is 0. The minimum Gasteiger partial charge on any atom is -0.352 e. The van der Waals surface area contributed by atoms with Crippen molar-refractivity contribution in [1.29, 1.82) is 0 Å². The first-order valence-electron chi connectivity index (χ1n) is 9.44. The average molecular weight is 432 g/mol. The molecular formula is C21H26BrN3O2. The normalized spacial score (nSPS) is 17.0. The summed E-state index contributed by atoms with van der Waals surface area (Å²) in [6, 6.07) is 10.1. The van der Waals surface area contributed by atoms with E-state index in [9.17, 15) is 9.59 Å². The fourth-order valence-electron chi connectivity index (χ4n) is 3.77. The fraction of sp³-hybridized carbons (Fsp3) is 0.429. The first kappa shape index (κ1) is 19.7. The summed E-state index contributed by atoms with van der Waals surface area (Å²) in [4.78, 5) is 26.7. The number of carbonyl (C=O) groups excluding carboxylic acids is 2. The Morgan fingerprint density at radius 3 is 2.74 bits per heavy atom. The Hall–Kier alpha value is -2.08. The number of hydrogen-bond acceptors (Lipinski definition) is 2. The summed E-state index contributed by atoms with van der Waals surface area (Å²) in [5, 5.41) is 3.02. The highest BCUT2D eigenvalue weighted by Gasteiger charge is 2.27. The molecule has 2 heterocycles. The smallest absolute Gasteiger partial charge is 0.255 e. The van der Waals surface area contributed by atoms with Crippen molar-refractivity contribution < 1.29 is 9.59 Å². The molecule has 2 aromatic rings. The third kappa shape index (κ3) is 4.26. The lowest BCUT2D eigenvalue weighted by molar-refractivity contribution is -0.121. The van der Waals surface area contributed by atoms with Crippen LogP contribution in [-0.4, -0.2) is 40.4 Å². The first-order valence-corrected chi connectivity index (χ1v) is 10.2. The summed E-state index contributed by atoms with van der Waals surface area (Å²) in [6.07, 6.45) is 2.30. The van der Waals surface area contributed by atoms with Crippen LogP contribution in [0.1, 0.15) is 47.9 Å². The molecule has 1 aliphatic rings. The molecule has 0 bridgehead atoms. The van der Waals surface area contributed by atoms with E-state index < -0.39 is 0 Å². The monoisotopic (exact) mass is 431 g/mol. The number of nitrogens with one attached hydrogen (secondary N) is 1. The zero-order valence-corrected chi connectivity index (χ0v) is 17.7. The number of carbonyl (C=O) groups is 2. The van der Waals surface area contributed by atoms with E-state index in [1.54, 1.807) is 0 Å². The van der Waals surface area contributed by atoms with E-state index in [1.165, 1.54) is 0 Å². The second-order valence-electron chi connectivity index (χ2n) is 7.11. The van der Waals surface area contributed by atoms with Crippen molar-refractivity contribution in [3.8, 4) is 5.69 Å². The molecular weight excluding hydrogens is 406 g/mol. The van der Waals surface area contributed by atoms with Crippen molar-refractivity contribution in [3.63, 3.8) is 0 Å². The van der Waals surface area contributed by atoms with Crippen LogP contribution in [0.5, 0.6) is 0 Å². The van der Waals surface area contributed by atoms with Crippen molar-refractivity contribution in [3.05, 3.63) is 51.8 Å². The van der Waals surface area contributed by atoms with Crippen LogP contribution in [0.25, 0.3) is 5.69 Å². The zero-order valence-electron chi connectivity index (χ0n) is 16.1. The number of likely N-dealkylation sites (tertiary alicyclic amines) is 1. The topological polar surface area (TPSA) is 54.3 Å². The van der Waals surface area contributed by atoms with Crippen LogP contribution >= 0.6 is 15.9 Å². The maximum absolute atomic E-state index is 13.2. The van der Waals surface area contributed by atoms with Gasteiger partial charge >= 0.3 is 0 Å². The van der Waals surface area contributed by atoms with Crippen LogP contribution in [-0.2, 0) is 4.79 Å². The van der Waals surface area contributed by atoms with Gasteiger partial charge in [0.2, 0.25) is 5.91 Å². The van der Waals surface area contributed by atoms with Crippen molar-refractivity contribution in [1.82, 2.24) is 14.8 Å². The van der Waals surface area contributed by atoms with Crippen LogP contribution in [0.2, 0.25) is 0 Å². The van der Waals surface area contributed by atoms with Gasteiger partial charge in [0.15, 0.2) is 0 Å². The molecule has 1 atom stereocenters. The van der Waals surface area contributed by atoms with Crippen LogP contribution < -0.4 is 5.32 Å². The molecule has 6 heteroatoms. The zero-order chi connectivity index (χ0) is 19.6. The maximum atomic E-state index is 13.2. The molecule has 1 aliphatic heterocycles. The number of piperidine rings is 1. The molecule has 0 saturated carbocycles. The number of benzene rings is 1. The summed E-state index contributed by atoms with van der Waals surface area (Å²) in [6.45, 7) is 7.16. The molecule has 1 saturated heterocycles. The number of rotatable bonds is 4. The second kappa shape index (κ2) is 8.30. The Morgan fingerprint density at radius 2 is 2.04 bits per heavy atom. The Labute approximate surface area is 168 Å². The molecule has 144 valence electrons. The van der Waals surface area contributed by atoms with Gasteiger partial charge in [-0.15, -0.1) is 0 Å². The standard InChI is InChI=1S/C21H26BrN3O2/c1-4-20(26)23-17-8-6-10-24(13-17)21(27)19-11-14(2)25(15(19)3)18-9-5-7-16(22)12-18/h5,7,9,11-12,17H,4,6,8,10,13H2,1-3H3,(H,23,26). The van der Waals surface area contributed by atoms with Crippen molar-refractivity contribution in [2.45, 2.75) is 46.1 Å². The van der Waals surface area contributed by atoms with Gasteiger partial charge in [0.1, 0.15) is 0 Å². The van der Waals surface area contributed by atoms with Gasteiger partial charge in [-0.1, -0.05) is 28.9 Å². The minimum absolute atomic E-state index is 0.0415. The summed E-state index contributed by atoms with van der Waals surface area (Å²) in [5.41, 5.74) is 3.73. The van der Waals surface area contributed by atoms with Crippen molar-refractivity contribution in [2.75, 3.05) is 13.1 Å². The van der Waals surface area contributed by atoms with Crippen LogP contribution in [0, 0.1) is 13.8 Å². The predicted octanol–water partition coefficient (Wildman–Crippen LogP) is 3.99. The van der Waals surface area contributed by atoms with Crippen molar-refractivity contribution in [2.24, 2.45) is 0 Å². The maximum Gasteiger partial charge on any atom is 0.255 e. The number of amides is 2. The van der Waals surface area contributed by atoms with E-state index in [-0.39, 0.29) is 17.9 Å². The second-order valence-corrected chi connectivity index (χ2v) is 8.03. The van der Waals surface area contributed by atoms with E-state index in [0.717, 1.165) is 46.5 Å². The number of nitrogens with zero attached hydrogens (tertiary/aromatic N) is 2. The SMILES string of the molecule is CCC(=O)NC1CCCN(C(=O)c2cc(C)n(-c3cccc(Br)c3)c2C)C1. The first-order chi connectivity index (χ1) is 12.9. The molecule has 27 heavy (non-hydrogen) atoms. The Kier molecular flexibility index (Phi) is 6.05. The van der Waals surface area contributed by atoms with Gasteiger partial charge in [-0.25, -0.2) is 0 Å². The lowest BCUT2D eigenvalue weighted by Crippen LogP contribution is -2.49. The van der Waals surface area contributed by atoms with Gasteiger partial charge in [-0.3, -0.25) is 9.59 Å². The van der Waals surface area contributed by atoms with E-state index in [2.05, 4.69) is 25.8 Å². The lowest BCUT2D eigenvalue weighted by Gasteiger charge is -2.33. The molecule has 0 spiro atoms. The lowest BCUT2D eigenvalue weighted by atomic mass is 10.0. The summed E-state index contributed by atoms with van der Waals surface area (Å²) in [5.74, 6) is 0.0851. The highest BCUT2D eigenvalue weighted by molar-refractivity contribution is 9.10. The summed E-state index contributed by atoms with van der Waals surface area (Å²) >= 11 is 3.52. The largest absolute Gasteiger partial charge is 0.352 e. The number of hydrogen-bond donors (Lipinski definition) is 1. The number of aromatic nitrogens is 1. The molecule has 2 amide bonds. The van der Waals surface area contributed by atoms with Crippen LogP contribution in [0.3, 0.4) is 0 Å². The van der Waals surface area contributed by atoms with Gasteiger partial charge in [0, 0.05) is 47.1 Å². The van der Waals surface area contributed by atoms with Gasteiger partial charge in [0.05, 0.1) is 5.56 Å². The quantitative estimate of drug-likeness (QED) is 0.795.